The quantitative estimate of drug-likeness (QED) is 0.729. The zero-order valence-electron chi connectivity index (χ0n) is 16.5. The van der Waals surface area contributed by atoms with E-state index in [1.165, 1.54) is 18.2 Å². The van der Waals surface area contributed by atoms with Crippen molar-refractivity contribution in [2.45, 2.75) is 46.0 Å². The Labute approximate surface area is 170 Å². The molecule has 4 nitrogen and oxygen atoms in total. The van der Waals surface area contributed by atoms with Gasteiger partial charge >= 0.3 is 0 Å². The van der Waals surface area contributed by atoms with Crippen LogP contribution in [-0.4, -0.2) is 18.1 Å². The Morgan fingerprint density at radius 1 is 1.18 bits per heavy atom. The summed E-state index contributed by atoms with van der Waals surface area (Å²) in [6.07, 6.45) is -0.316. The first-order valence-corrected chi connectivity index (χ1v) is 9.58. The molecule has 1 amide bonds. The van der Waals surface area contributed by atoms with Gasteiger partial charge in [-0.25, -0.2) is 4.39 Å². The first kappa shape index (κ1) is 20.8. The topological polar surface area (TPSA) is 47.6 Å². The minimum atomic E-state index is -0.523. The average molecular weight is 406 g/mol. The summed E-state index contributed by atoms with van der Waals surface area (Å²) in [5.74, 6) is -0.841. The maximum absolute atomic E-state index is 13.7. The number of rotatable bonds is 4. The van der Waals surface area contributed by atoms with Crippen LogP contribution in [0.1, 0.15) is 45.1 Å². The number of hydrogen-bond donors (Lipinski definition) is 1. The summed E-state index contributed by atoms with van der Waals surface area (Å²) < 4.78 is 25.8. The Balaban J connectivity index is 1.63. The third-order valence-electron chi connectivity index (χ3n) is 5.45. The summed E-state index contributed by atoms with van der Waals surface area (Å²) in [4.78, 5) is 12.2. The minimum absolute atomic E-state index is 0.0722. The summed E-state index contributed by atoms with van der Waals surface area (Å²) in [5, 5.41) is 2.91. The molecule has 1 heterocycles. The van der Waals surface area contributed by atoms with E-state index in [9.17, 15) is 9.18 Å². The van der Waals surface area contributed by atoms with E-state index < -0.39 is 12.1 Å². The predicted octanol–water partition coefficient (Wildman–Crippen LogP) is 5.51. The number of carbonyl (C=O) groups excluding carboxylic acids is 1. The van der Waals surface area contributed by atoms with Crippen LogP contribution in [0.4, 0.5) is 10.1 Å². The summed E-state index contributed by atoms with van der Waals surface area (Å²) in [7, 11) is 0. The molecule has 0 bridgehead atoms. The fraction of sp³-hybridized carbons (Fsp3) is 0.409. The summed E-state index contributed by atoms with van der Waals surface area (Å²) >= 11 is 5.85. The third-order valence-corrected chi connectivity index (χ3v) is 5.68. The first-order valence-electron chi connectivity index (χ1n) is 9.21. The number of amides is 1. The zero-order valence-corrected chi connectivity index (χ0v) is 17.3. The molecule has 0 aromatic heterocycles. The minimum Gasteiger partial charge on any atom is -0.348 e. The van der Waals surface area contributed by atoms with Gasteiger partial charge in [0.1, 0.15) is 5.82 Å². The number of ether oxygens (including phenoxy) is 2. The van der Waals surface area contributed by atoms with Crippen molar-refractivity contribution in [1.29, 1.82) is 0 Å². The second-order valence-corrected chi connectivity index (χ2v) is 8.68. The SMILES string of the molecule is CC1(C)COC(c2ccc(CC(=O)Nc3cc(Cl)ccc3F)cc2)OC1(C)C. The number of carbonyl (C=O) groups is 1. The normalized spacial score (nSPS) is 20.6. The molecule has 28 heavy (non-hydrogen) atoms. The van der Waals surface area contributed by atoms with E-state index in [4.69, 9.17) is 21.1 Å². The summed E-state index contributed by atoms with van der Waals surface area (Å²) in [5.41, 5.74) is 1.36. The first-order chi connectivity index (χ1) is 13.1. The fourth-order valence-electron chi connectivity index (χ4n) is 2.85. The van der Waals surface area contributed by atoms with Crippen LogP contribution in [-0.2, 0) is 20.7 Å². The van der Waals surface area contributed by atoms with Crippen molar-refractivity contribution in [1.82, 2.24) is 0 Å². The maximum Gasteiger partial charge on any atom is 0.228 e. The molecule has 150 valence electrons. The molecule has 1 aliphatic heterocycles. The Morgan fingerprint density at radius 3 is 2.50 bits per heavy atom. The lowest BCUT2D eigenvalue weighted by Crippen LogP contribution is -2.50. The van der Waals surface area contributed by atoms with E-state index in [0.29, 0.717) is 11.6 Å². The molecule has 6 heteroatoms. The fourth-order valence-corrected chi connectivity index (χ4v) is 3.02. The predicted molar refractivity (Wildman–Crippen MR) is 108 cm³/mol. The molecule has 1 fully saturated rings. The highest BCUT2D eigenvalue weighted by atomic mass is 35.5. The molecule has 1 N–H and O–H groups in total. The number of nitrogens with one attached hydrogen (secondary N) is 1. The molecule has 0 radical (unpaired) electrons. The van der Waals surface area contributed by atoms with Gasteiger partial charge in [0.25, 0.3) is 0 Å². The van der Waals surface area contributed by atoms with Crippen molar-refractivity contribution < 1.29 is 18.7 Å². The maximum atomic E-state index is 13.7. The molecule has 1 unspecified atom stereocenters. The second kappa shape index (κ2) is 7.82. The Bertz CT molecular complexity index is 865. The van der Waals surface area contributed by atoms with Gasteiger partial charge in [-0.3, -0.25) is 4.79 Å². The highest BCUT2D eigenvalue weighted by molar-refractivity contribution is 6.30. The molecular weight excluding hydrogens is 381 g/mol. The van der Waals surface area contributed by atoms with Crippen LogP contribution in [0.25, 0.3) is 0 Å². The molecule has 1 aliphatic rings. The number of anilines is 1. The van der Waals surface area contributed by atoms with Crippen LogP contribution in [0.15, 0.2) is 42.5 Å². The van der Waals surface area contributed by atoms with Crippen LogP contribution < -0.4 is 5.32 Å². The van der Waals surface area contributed by atoms with Gasteiger partial charge in [0.2, 0.25) is 5.91 Å². The van der Waals surface area contributed by atoms with Gasteiger partial charge in [0, 0.05) is 16.0 Å². The lowest BCUT2D eigenvalue weighted by atomic mass is 9.77. The van der Waals surface area contributed by atoms with Crippen molar-refractivity contribution in [2.24, 2.45) is 5.41 Å². The van der Waals surface area contributed by atoms with Gasteiger partial charge in [-0.2, -0.15) is 0 Å². The molecule has 1 saturated heterocycles. The lowest BCUT2D eigenvalue weighted by molar-refractivity contribution is -0.300. The van der Waals surface area contributed by atoms with Crippen molar-refractivity contribution >= 4 is 23.2 Å². The van der Waals surface area contributed by atoms with E-state index in [1.807, 2.05) is 24.3 Å². The van der Waals surface area contributed by atoms with E-state index in [0.717, 1.165) is 11.1 Å². The average Bonchev–Trinajstić information content (AvgIpc) is 2.61. The second-order valence-electron chi connectivity index (χ2n) is 8.25. The van der Waals surface area contributed by atoms with E-state index in [2.05, 4.69) is 33.0 Å². The molecule has 2 aromatic carbocycles. The van der Waals surface area contributed by atoms with Gasteiger partial charge in [-0.1, -0.05) is 49.7 Å². The number of halogens is 2. The molecule has 0 spiro atoms. The van der Waals surface area contributed by atoms with Crippen LogP contribution in [0.5, 0.6) is 0 Å². The summed E-state index contributed by atoms with van der Waals surface area (Å²) in [6, 6.07) is 11.5. The van der Waals surface area contributed by atoms with Crippen molar-refractivity contribution in [3.8, 4) is 0 Å². The molecule has 2 aromatic rings. The Morgan fingerprint density at radius 2 is 1.86 bits per heavy atom. The van der Waals surface area contributed by atoms with Gasteiger partial charge in [-0.05, 0) is 37.6 Å². The van der Waals surface area contributed by atoms with E-state index in [-0.39, 0.29) is 29.0 Å². The van der Waals surface area contributed by atoms with Gasteiger partial charge in [0.15, 0.2) is 6.29 Å². The van der Waals surface area contributed by atoms with E-state index >= 15 is 0 Å². The number of benzene rings is 2. The standard InChI is InChI=1S/C22H25ClFNO3/c1-21(2)13-27-20(28-22(21,3)4)15-7-5-14(6-8-15)11-19(26)25-18-12-16(23)9-10-17(18)24/h5-10,12,20H,11,13H2,1-4H3,(H,25,26). The highest BCUT2D eigenvalue weighted by Crippen LogP contribution is 2.43. The lowest BCUT2D eigenvalue weighted by Gasteiger charge is -2.48. The van der Waals surface area contributed by atoms with Gasteiger partial charge in [-0.15, -0.1) is 0 Å². The van der Waals surface area contributed by atoms with Crippen LogP contribution >= 0.6 is 11.6 Å². The van der Waals surface area contributed by atoms with E-state index in [1.54, 1.807) is 0 Å². The monoisotopic (exact) mass is 405 g/mol. The van der Waals surface area contributed by atoms with Crippen LogP contribution in [0, 0.1) is 11.2 Å². The van der Waals surface area contributed by atoms with Gasteiger partial charge < -0.3 is 14.8 Å². The molecule has 0 saturated carbocycles. The molecular formula is C22H25ClFNO3. The highest BCUT2D eigenvalue weighted by Gasteiger charge is 2.44. The zero-order chi connectivity index (χ0) is 20.5. The van der Waals surface area contributed by atoms with Crippen molar-refractivity contribution in [2.75, 3.05) is 11.9 Å². The van der Waals surface area contributed by atoms with Crippen molar-refractivity contribution in [3.05, 3.63) is 64.4 Å². The molecule has 0 aliphatic carbocycles. The van der Waals surface area contributed by atoms with Crippen molar-refractivity contribution in [3.63, 3.8) is 0 Å². The Kier molecular flexibility index (Phi) is 5.80. The third kappa shape index (κ3) is 4.54. The molecule has 1 atom stereocenters. The number of hydrogen-bond acceptors (Lipinski definition) is 3. The summed E-state index contributed by atoms with van der Waals surface area (Å²) in [6.45, 7) is 8.97. The van der Waals surface area contributed by atoms with Crippen LogP contribution in [0.2, 0.25) is 5.02 Å². The Hall–Kier alpha value is -1.95. The van der Waals surface area contributed by atoms with Gasteiger partial charge in [0.05, 0.1) is 24.3 Å². The molecule has 3 rings (SSSR count). The smallest absolute Gasteiger partial charge is 0.228 e. The van der Waals surface area contributed by atoms with Crippen LogP contribution in [0.3, 0.4) is 0 Å². The largest absolute Gasteiger partial charge is 0.348 e.